The van der Waals surface area contributed by atoms with Gasteiger partial charge < -0.3 is 14.2 Å². The van der Waals surface area contributed by atoms with Gasteiger partial charge in [-0.25, -0.2) is 13.1 Å². The fraction of sp³-hybridized carbons (Fsp3) is 0.375. The summed E-state index contributed by atoms with van der Waals surface area (Å²) in [6.07, 6.45) is 0.813. The molecule has 1 aromatic carbocycles. The van der Waals surface area contributed by atoms with Crippen molar-refractivity contribution in [2.75, 3.05) is 21.3 Å². The zero-order chi connectivity index (χ0) is 17.7. The topological polar surface area (TPSA) is 73.9 Å². The summed E-state index contributed by atoms with van der Waals surface area (Å²) in [5, 5.41) is 0. The summed E-state index contributed by atoms with van der Waals surface area (Å²) in [7, 11) is 1.01. The molecule has 0 saturated heterocycles. The smallest absolute Gasteiger partial charge is 0.250 e. The Bertz CT molecular complexity index is 774. The molecule has 0 unspecified atom stereocenters. The first-order chi connectivity index (χ1) is 11.4. The van der Waals surface area contributed by atoms with Gasteiger partial charge >= 0.3 is 0 Å². The van der Waals surface area contributed by atoms with E-state index in [2.05, 4.69) is 4.72 Å². The Balaban J connectivity index is 2.22. The summed E-state index contributed by atoms with van der Waals surface area (Å²) in [4.78, 5) is 1.03. The molecule has 1 aromatic heterocycles. The fourth-order valence-electron chi connectivity index (χ4n) is 2.18. The molecule has 0 atom stereocenters. The van der Waals surface area contributed by atoms with Crippen LogP contribution in [-0.4, -0.2) is 29.7 Å². The van der Waals surface area contributed by atoms with E-state index in [4.69, 9.17) is 14.2 Å². The molecule has 6 nitrogen and oxygen atoms in total. The lowest BCUT2D eigenvalue weighted by atomic mass is 10.2. The van der Waals surface area contributed by atoms with E-state index in [-0.39, 0.29) is 6.54 Å². The van der Waals surface area contributed by atoms with E-state index in [0.29, 0.717) is 27.0 Å². The van der Waals surface area contributed by atoms with Gasteiger partial charge in [-0.2, -0.15) is 0 Å². The van der Waals surface area contributed by atoms with Crippen LogP contribution in [0.5, 0.6) is 17.2 Å². The third-order valence-electron chi connectivity index (χ3n) is 3.44. The third kappa shape index (κ3) is 4.00. The largest absolute Gasteiger partial charge is 0.493 e. The highest BCUT2D eigenvalue weighted by Gasteiger charge is 2.18. The molecule has 1 N–H and O–H groups in total. The Morgan fingerprint density at radius 3 is 2.12 bits per heavy atom. The van der Waals surface area contributed by atoms with E-state index >= 15 is 0 Å². The van der Waals surface area contributed by atoms with E-state index in [1.165, 1.54) is 32.7 Å². The second-order valence-electron chi connectivity index (χ2n) is 4.93. The number of ether oxygens (including phenoxy) is 3. The molecule has 0 aliphatic rings. The van der Waals surface area contributed by atoms with Crippen molar-refractivity contribution in [2.45, 2.75) is 24.1 Å². The van der Waals surface area contributed by atoms with Crippen LogP contribution in [0.2, 0.25) is 0 Å². The van der Waals surface area contributed by atoms with Crippen LogP contribution < -0.4 is 18.9 Å². The highest BCUT2D eigenvalue weighted by atomic mass is 32.2. The minimum absolute atomic E-state index is 0.123. The molecule has 0 aliphatic carbocycles. The van der Waals surface area contributed by atoms with E-state index in [0.717, 1.165) is 11.3 Å². The van der Waals surface area contributed by atoms with E-state index in [9.17, 15) is 8.42 Å². The first-order valence-corrected chi connectivity index (χ1v) is 9.62. The quantitative estimate of drug-likeness (QED) is 0.772. The van der Waals surface area contributed by atoms with Crippen molar-refractivity contribution < 1.29 is 22.6 Å². The van der Waals surface area contributed by atoms with E-state index in [1.54, 1.807) is 18.2 Å². The van der Waals surface area contributed by atoms with E-state index < -0.39 is 10.0 Å². The maximum Gasteiger partial charge on any atom is 0.250 e. The van der Waals surface area contributed by atoms with Crippen molar-refractivity contribution in [3.05, 3.63) is 34.7 Å². The van der Waals surface area contributed by atoms with Gasteiger partial charge in [-0.15, -0.1) is 11.3 Å². The molecular formula is C16H21NO5S2. The summed E-state index contributed by atoms with van der Waals surface area (Å²) < 4.78 is 43.5. The molecule has 24 heavy (non-hydrogen) atoms. The van der Waals surface area contributed by atoms with Gasteiger partial charge in [-0.05, 0) is 36.2 Å². The Hall–Kier alpha value is -1.77. The number of rotatable bonds is 8. The SMILES string of the molecule is CCc1ccc(S(=O)(=O)NCc2cc(OC)c(OC)c(OC)c2)s1. The Morgan fingerprint density at radius 1 is 1.04 bits per heavy atom. The molecule has 0 amide bonds. The molecule has 132 valence electrons. The monoisotopic (exact) mass is 371 g/mol. The summed E-state index contributed by atoms with van der Waals surface area (Å²) in [6.45, 7) is 2.12. The van der Waals surface area contributed by atoms with Crippen LogP contribution >= 0.6 is 11.3 Å². The number of sulfonamides is 1. The van der Waals surface area contributed by atoms with Crippen LogP contribution in [-0.2, 0) is 23.0 Å². The van der Waals surface area contributed by atoms with E-state index in [1.807, 2.05) is 13.0 Å². The molecule has 1 heterocycles. The molecule has 2 aromatic rings. The second-order valence-corrected chi connectivity index (χ2v) is 8.09. The van der Waals surface area contributed by atoms with Crippen LogP contribution in [0.4, 0.5) is 0 Å². The molecule has 2 rings (SSSR count). The Labute approximate surface area is 146 Å². The first-order valence-electron chi connectivity index (χ1n) is 7.32. The fourth-order valence-corrected chi connectivity index (χ4v) is 4.54. The Kier molecular flexibility index (Phi) is 6.09. The molecule has 0 radical (unpaired) electrons. The summed E-state index contributed by atoms with van der Waals surface area (Å²) >= 11 is 1.28. The lowest BCUT2D eigenvalue weighted by Crippen LogP contribution is -2.22. The molecule has 8 heteroatoms. The molecular weight excluding hydrogens is 350 g/mol. The summed E-state index contributed by atoms with van der Waals surface area (Å²) in [5.74, 6) is 1.43. The van der Waals surface area contributed by atoms with Gasteiger partial charge in [-0.1, -0.05) is 6.92 Å². The van der Waals surface area contributed by atoms with Gasteiger partial charge in [0.15, 0.2) is 11.5 Å². The van der Waals surface area contributed by atoms with Crippen molar-refractivity contribution in [1.29, 1.82) is 0 Å². The molecule has 0 saturated carbocycles. The van der Waals surface area contributed by atoms with Crippen molar-refractivity contribution >= 4 is 21.4 Å². The van der Waals surface area contributed by atoms with Crippen LogP contribution in [0.15, 0.2) is 28.5 Å². The number of nitrogens with one attached hydrogen (secondary N) is 1. The van der Waals surface area contributed by atoms with Crippen LogP contribution in [0, 0.1) is 0 Å². The van der Waals surface area contributed by atoms with Gasteiger partial charge in [0.25, 0.3) is 0 Å². The average molecular weight is 371 g/mol. The lowest BCUT2D eigenvalue weighted by Gasteiger charge is -2.14. The third-order valence-corrected chi connectivity index (χ3v) is 6.56. The molecule has 0 spiro atoms. The highest BCUT2D eigenvalue weighted by molar-refractivity contribution is 7.91. The number of hydrogen-bond acceptors (Lipinski definition) is 6. The van der Waals surface area contributed by atoms with Crippen molar-refractivity contribution in [2.24, 2.45) is 0 Å². The van der Waals surface area contributed by atoms with Crippen molar-refractivity contribution in [3.63, 3.8) is 0 Å². The number of benzene rings is 1. The zero-order valence-corrected chi connectivity index (χ0v) is 15.7. The average Bonchev–Trinajstić information content (AvgIpc) is 3.09. The van der Waals surface area contributed by atoms with Crippen LogP contribution in [0.25, 0.3) is 0 Å². The van der Waals surface area contributed by atoms with Crippen molar-refractivity contribution in [1.82, 2.24) is 4.72 Å². The molecule has 0 bridgehead atoms. The van der Waals surface area contributed by atoms with Gasteiger partial charge in [-0.3, -0.25) is 0 Å². The minimum Gasteiger partial charge on any atom is -0.493 e. The second kappa shape index (κ2) is 7.87. The van der Waals surface area contributed by atoms with Gasteiger partial charge in [0.1, 0.15) is 4.21 Å². The number of aryl methyl sites for hydroxylation is 1. The predicted molar refractivity (Wildman–Crippen MR) is 93.8 cm³/mol. The van der Waals surface area contributed by atoms with Gasteiger partial charge in [0, 0.05) is 11.4 Å². The normalized spacial score (nSPS) is 11.3. The summed E-state index contributed by atoms with van der Waals surface area (Å²) in [5.41, 5.74) is 0.709. The highest BCUT2D eigenvalue weighted by Crippen LogP contribution is 2.38. The standard InChI is InChI=1S/C16H21NO5S2/c1-5-12-6-7-15(23-12)24(18,19)17-10-11-8-13(20-2)16(22-4)14(9-11)21-3/h6-9,17H,5,10H2,1-4H3. The molecule has 0 fully saturated rings. The van der Waals surface area contributed by atoms with Crippen LogP contribution in [0.1, 0.15) is 17.4 Å². The van der Waals surface area contributed by atoms with Crippen molar-refractivity contribution in [3.8, 4) is 17.2 Å². The van der Waals surface area contributed by atoms with Gasteiger partial charge in [0.2, 0.25) is 15.8 Å². The predicted octanol–water partition coefficient (Wildman–Crippen LogP) is 2.81. The van der Waals surface area contributed by atoms with Gasteiger partial charge in [0.05, 0.1) is 21.3 Å². The number of hydrogen-bond donors (Lipinski definition) is 1. The number of thiophene rings is 1. The maximum atomic E-state index is 12.4. The summed E-state index contributed by atoms with van der Waals surface area (Å²) in [6, 6.07) is 6.89. The Morgan fingerprint density at radius 2 is 1.67 bits per heavy atom. The maximum absolute atomic E-state index is 12.4. The minimum atomic E-state index is -3.55. The zero-order valence-electron chi connectivity index (χ0n) is 14.1. The first kappa shape index (κ1) is 18.6. The van der Waals surface area contributed by atoms with Crippen LogP contribution in [0.3, 0.4) is 0 Å². The molecule has 0 aliphatic heterocycles. The lowest BCUT2D eigenvalue weighted by molar-refractivity contribution is 0.323. The number of methoxy groups -OCH3 is 3.